The van der Waals surface area contributed by atoms with Crippen LogP contribution in [0.4, 0.5) is 11.5 Å². The summed E-state index contributed by atoms with van der Waals surface area (Å²) in [5.74, 6) is 0.811. The highest BCUT2D eigenvalue weighted by atomic mass is 35.5. The number of benzene rings is 1. The smallest absolute Gasteiger partial charge is 0.239 e. The van der Waals surface area contributed by atoms with Crippen molar-refractivity contribution >= 4 is 51.6 Å². The number of carbonyl (C=O) groups is 1. The molecular weight excluding hydrogens is 399 g/mol. The first kappa shape index (κ1) is 18.8. The number of nitrogens with zero attached hydrogens (tertiary/aromatic N) is 3. The molecule has 3 N–H and O–H groups in total. The summed E-state index contributed by atoms with van der Waals surface area (Å²) in [7, 11) is 0. The number of rotatable bonds is 5. The van der Waals surface area contributed by atoms with Crippen LogP contribution >= 0.6 is 23.2 Å². The number of H-pyrrole nitrogens is 1. The third-order valence-corrected chi connectivity index (χ3v) is 5.63. The van der Waals surface area contributed by atoms with E-state index >= 15 is 0 Å². The van der Waals surface area contributed by atoms with E-state index in [1.165, 1.54) is 0 Å². The number of carbonyl (C=O) groups excluding carboxylic acids is 1. The molecule has 9 heteroatoms. The first-order valence-corrected chi connectivity index (χ1v) is 9.87. The van der Waals surface area contributed by atoms with Crippen LogP contribution in [0.3, 0.4) is 0 Å². The Labute approximate surface area is 172 Å². The number of piperidine rings is 1. The Hall–Kier alpha value is -2.51. The van der Waals surface area contributed by atoms with Gasteiger partial charge in [0.1, 0.15) is 17.8 Å². The van der Waals surface area contributed by atoms with E-state index in [9.17, 15) is 4.79 Å². The second-order valence-electron chi connectivity index (χ2n) is 6.74. The Morgan fingerprint density at radius 3 is 3.07 bits per heavy atom. The van der Waals surface area contributed by atoms with Gasteiger partial charge in [0.05, 0.1) is 27.7 Å². The van der Waals surface area contributed by atoms with Gasteiger partial charge in [-0.25, -0.2) is 9.97 Å². The molecule has 3 aromatic rings. The maximum atomic E-state index is 12.4. The van der Waals surface area contributed by atoms with Crippen LogP contribution in [0.1, 0.15) is 12.8 Å². The molecule has 1 unspecified atom stereocenters. The molecule has 4 rings (SSSR count). The van der Waals surface area contributed by atoms with Crippen molar-refractivity contribution in [2.75, 3.05) is 29.9 Å². The SMILES string of the molecule is O=C(CNc1cccc(Cl)c1Cl)NC1CCCN(c2ncnc3[nH]ccc23)C1. The lowest BCUT2D eigenvalue weighted by Crippen LogP contribution is -2.49. The zero-order valence-corrected chi connectivity index (χ0v) is 16.6. The van der Waals surface area contributed by atoms with Crippen LogP contribution < -0.4 is 15.5 Å². The third kappa shape index (κ3) is 4.00. The van der Waals surface area contributed by atoms with Crippen LogP contribution in [0.15, 0.2) is 36.8 Å². The number of fused-ring (bicyclic) bond motifs is 1. The van der Waals surface area contributed by atoms with E-state index in [0.717, 1.165) is 36.2 Å². The molecule has 2 aromatic heterocycles. The fourth-order valence-electron chi connectivity index (χ4n) is 3.49. The van der Waals surface area contributed by atoms with Crippen molar-refractivity contribution in [1.82, 2.24) is 20.3 Å². The summed E-state index contributed by atoms with van der Waals surface area (Å²) in [5.41, 5.74) is 1.46. The lowest BCUT2D eigenvalue weighted by atomic mass is 10.1. The van der Waals surface area contributed by atoms with Crippen LogP contribution in [0.2, 0.25) is 10.0 Å². The predicted molar refractivity (Wildman–Crippen MR) is 112 cm³/mol. The number of nitrogens with one attached hydrogen (secondary N) is 3. The number of aromatic amines is 1. The molecule has 1 fully saturated rings. The summed E-state index contributed by atoms with van der Waals surface area (Å²) in [5, 5.41) is 8.00. The minimum atomic E-state index is -0.0858. The maximum Gasteiger partial charge on any atom is 0.239 e. The van der Waals surface area contributed by atoms with Crippen molar-refractivity contribution < 1.29 is 4.79 Å². The summed E-state index contributed by atoms with van der Waals surface area (Å²) in [4.78, 5) is 26.4. The quantitative estimate of drug-likeness (QED) is 0.590. The number of hydrogen-bond acceptors (Lipinski definition) is 5. The highest BCUT2D eigenvalue weighted by Gasteiger charge is 2.24. The minimum Gasteiger partial charge on any atom is -0.375 e. The lowest BCUT2D eigenvalue weighted by Gasteiger charge is -2.34. The Morgan fingerprint density at radius 1 is 1.29 bits per heavy atom. The second kappa shape index (κ2) is 8.24. The Morgan fingerprint density at radius 2 is 2.18 bits per heavy atom. The molecule has 0 saturated carbocycles. The first-order chi connectivity index (χ1) is 13.6. The predicted octanol–water partition coefficient (Wildman–Crippen LogP) is 3.46. The van der Waals surface area contributed by atoms with Gasteiger partial charge in [0.15, 0.2) is 0 Å². The summed E-state index contributed by atoms with van der Waals surface area (Å²) < 4.78 is 0. The molecule has 7 nitrogen and oxygen atoms in total. The molecule has 1 aromatic carbocycles. The number of amides is 1. The Kier molecular flexibility index (Phi) is 5.54. The number of halogens is 2. The van der Waals surface area contributed by atoms with Crippen molar-refractivity contribution in [2.24, 2.45) is 0 Å². The van der Waals surface area contributed by atoms with Crippen LogP contribution in [-0.4, -0.2) is 46.5 Å². The van der Waals surface area contributed by atoms with Gasteiger partial charge in [0, 0.05) is 25.3 Å². The maximum absolute atomic E-state index is 12.4. The van der Waals surface area contributed by atoms with Gasteiger partial charge >= 0.3 is 0 Å². The van der Waals surface area contributed by atoms with Crippen molar-refractivity contribution in [2.45, 2.75) is 18.9 Å². The number of hydrogen-bond donors (Lipinski definition) is 3. The summed E-state index contributed by atoms with van der Waals surface area (Å²) in [6, 6.07) is 7.32. The molecule has 1 amide bonds. The Balaban J connectivity index is 1.36. The van der Waals surface area contributed by atoms with E-state index in [0.29, 0.717) is 22.3 Å². The molecule has 0 radical (unpaired) electrons. The van der Waals surface area contributed by atoms with Crippen LogP contribution in [0.25, 0.3) is 11.0 Å². The minimum absolute atomic E-state index is 0.0573. The second-order valence-corrected chi connectivity index (χ2v) is 7.53. The average molecular weight is 419 g/mol. The van der Waals surface area contributed by atoms with Crippen LogP contribution in [0, 0.1) is 0 Å². The van der Waals surface area contributed by atoms with E-state index < -0.39 is 0 Å². The van der Waals surface area contributed by atoms with E-state index in [1.54, 1.807) is 24.5 Å². The molecule has 146 valence electrons. The third-order valence-electron chi connectivity index (χ3n) is 4.81. The number of anilines is 2. The summed E-state index contributed by atoms with van der Waals surface area (Å²) in [6.07, 6.45) is 5.34. The largest absolute Gasteiger partial charge is 0.375 e. The summed E-state index contributed by atoms with van der Waals surface area (Å²) >= 11 is 12.1. The van der Waals surface area contributed by atoms with Crippen LogP contribution in [0.5, 0.6) is 0 Å². The normalized spacial score (nSPS) is 16.9. The lowest BCUT2D eigenvalue weighted by molar-refractivity contribution is -0.120. The van der Waals surface area contributed by atoms with Gasteiger partial charge < -0.3 is 20.5 Å². The van der Waals surface area contributed by atoms with Gasteiger partial charge in [-0.3, -0.25) is 4.79 Å². The topological polar surface area (TPSA) is 85.9 Å². The zero-order chi connectivity index (χ0) is 19.5. The molecule has 1 aliphatic rings. The van der Waals surface area contributed by atoms with Crippen molar-refractivity contribution in [1.29, 1.82) is 0 Å². The average Bonchev–Trinajstić information content (AvgIpc) is 3.18. The van der Waals surface area contributed by atoms with Gasteiger partial charge in [-0.1, -0.05) is 29.3 Å². The highest BCUT2D eigenvalue weighted by molar-refractivity contribution is 6.43. The van der Waals surface area contributed by atoms with Crippen molar-refractivity contribution in [3.05, 3.63) is 46.8 Å². The molecule has 28 heavy (non-hydrogen) atoms. The molecule has 0 bridgehead atoms. The monoisotopic (exact) mass is 418 g/mol. The van der Waals surface area contributed by atoms with Crippen molar-refractivity contribution in [3.63, 3.8) is 0 Å². The molecule has 3 heterocycles. The molecule has 0 aliphatic carbocycles. The van der Waals surface area contributed by atoms with Gasteiger partial charge in [-0.15, -0.1) is 0 Å². The number of aromatic nitrogens is 3. The van der Waals surface area contributed by atoms with Gasteiger partial charge in [0.25, 0.3) is 0 Å². The molecule has 1 aliphatic heterocycles. The van der Waals surface area contributed by atoms with E-state index in [4.69, 9.17) is 23.2 Å². The van der Waals surface area contributed by atoms with Gasteiger partial charge in [-0.2, -0.15) is 0 Å². The fourth-order valence-corrected chi connectivity index (χ4v) is 3.86. The van der Waals surface area contributed by atoms with Gasteiger partial charge in [-0.05, 0) is 31.0 Å². The van der Waals surface area contributed by atoms with Crippen LogP contribution in [-0.2, 0) is 4.79 Å². The summed E-state index contributed by atoms with van der Waals surface area (Å²) in [6.45, 7) is 1.74. The van der Waals surface area contributed by atoms with E-state index in [-0.39, 0.29) is 18.5 Å². The highest BCUT2D eigenvalue weighted by Crippen LogP contribution is 2.29. The Bertz CT molecular complexity index is 991. The standard InChI is InChI=1S/C19H20Cl2N6O/c20-14-4-1-5-15(17(14)21)23-9-16(28)26-12-3-2-8-27(10-12)19-13-6-7-22-18(13)24-11-25-19/h1,4-7,11-12,23H,2-3,8-10H2,(H,26,28)(H,22,24,25). The molecular formula is C19H20Cl2N6O. The zero-order valence-electron chi connectivity index (χ0n) is 15.1. The first-order valence-electron chi connectivity index (χ1n) is 9.12. The van der Waals surface area contributed by atoms with Gasteiger partial charge in [0.2, 0.25) is 5.91 Å². The molecule has 1 saturated heterocycles. The fraction of sp³-hybridized carbons (Fsp3) is 0.316. The van der Waals surface area contributed by atoms with E-state index in [1.807, 2.05) is 12.3 Å². The molecule has 0 spiro atoms. The van der Waals surface area contributed by atoms with Crippen molar-refractivity contribution in [3.8, 4) is 0 Å². The van der Waals surface area contributed by atoms with E-state index in [2.05, 4.69) is 30.5 Å². The molecule has 1 atom stereocenters.